The van der Waals surface area contributed by atoms with Crippen LogP contribution in [-0.4, -0.2) is 69.9 Å². The zero-order valence-corrected chi connectivity index (χ0v) is 49.3. The van der Waals surface area contributed by atoms with Crippen LogP contribution >= 0.6 is 0 Å². The minimum Gasteiger partial charge on any atom is -0.463 e. The third kappa shape index (κ3) is 17.5. The van der Waals surface area contributed by atoms with Crippen LogP contribution in [0.1, 0.15) is 163 Å². The predicted octanol–water partition coefficient (Wildman–Crippen LogP) is 15.2. The van der Waals surface area contributed by atoms with Gasteiger partial charge in [-0.25, -0.2) is 53.5 Å². The first kappa shape index (κ1) is 69.0. The molecular weight excluding hydrogens is 1110 g/mol. The molecule has 5 atom stereocenters. The first-order chi connectivity index (χ1) is 39.5. The SMILES string of the molecule is CCC(C)(CC(C)(C)C(=O)OCCNC(=O)n1nc(C)cc1C)C(=O)OCCNC(=O)n1nc(C)cc1C.CCC(CC(C)c1c(F)c(F)c(F)c(F)c1F)c1c(F)c(F)c(F)c(F)c1F.CCC(CC(C)c1ccccc1)c1ccccc1. The van der Waals surface area contributed by atoms with E-state index >= 15 is 0 Å². The number of aryl methyl sites for hydroxylation is 4. The zero-order valence-electron chi connectivity index (χ0n) is 49.3. The molecule has 84 heavy (non-hydrogen) atoms. The van der Waals surface area contributed by atoms with Gasteiger partial charge in [-0.15, -0.1) is 0 Å². The highest BCUT2D eigenvalue weighted by atomic mass is 19.2. The Morgan fingerprint density at radius 3 is 1.26 bits per heavy atom. The topological polar surface area (TPSA) is 146 Å². The summed E-state index contributed by atoms with van der Waals surface area (Å²) in [6, 6.07) is 24.5. The van der Waals surface area contributed by atoms with Crippen LogP contribution < -0.4 is 10.6 Å². The van der Waals surface area contributed by atoms with Gasteiger partial charge in [-0.05, 0) is 134 Å². The van der Waals surface area contributed by atoms with Crippen molar-refractivity contribution in [3.63, 3.8) is 0 Å². The van der Waals surface area contributed by atoms with E-state index in [1.807, 2.05) is 6.92 Å². The highest BCUT2D eigenvalue weighted by molar-refractivity contribution is 5.81. The van der Waals surface area contributed by atoms with E-state index in [-0.39, 0.29) is 39.1 Å². The van der Waals surface area contributed by atoms with Gasteiger partial charge in [-0.3, -0.25) is 9.59 Å². The van der Waals surface area contributed by atoms with Gasteiger partial charge >= 0.3 is 24.0 Å². The van der Waals surface area contributed by atoms with E-state index in [1.54, 1.807) is 60.6 Å². The van der Waals surface area contributed by atoms with Gasteiger partial charge in [0, 0.05) is 22.5 Å². The van der Waals surface area contributed by atoms with Crippen LogP contribution in [0.2, 0.25) is 0 Å². The van der Waals surface area contributed by atoms with Crippen molar-refractivity contribution in [2.45, 2.75) is 145 Å². The molecule has 2 heterocycles. The molecule has 0 saturated carbocycles. The van der Waals surface area contributed by atoms with Crippen molar-refractivity contribution >= 4 is 24.0 Å². The van der Waals surface area contributed by atoms with Crippen LogP contribution in [-0.2, 0) is 19.1 Å². The van der Waals surface area contributed by atoms with E-state index < -0.39 is 122 Å². The predicted molar refractivity (Wildman–Crippen MR) is 297 cm³/mol. The standard InChI is InChI=1S/C26H40N6O6.C18H12F10.C18H22/c1-9-26(8,22(34)38-13-11-28-24(36)32-20(5)15-18(3)30-32)16-25(6,7)21(33)37-12-10-27-23(35)31-19(4)14-17(2)29-31;1-3-6(8-11(21)15(25)18(28)16(26)12(8)22)4-5(2)7-9(19)13(23)17(27)14(24)10(7)20;1-3-16(18-12-8-5-9-13-18)14-15(2)17-10-6-4-7-11-17/h14-15H,9-13,16H2,1-8H3,(H,27,35)(H,28,36);5-6H,3-4H2,1-2H3;4-13,15-16H,3,14H2,1-2H3. The van der Waals surface area contributed by atoms with Crippen molar-refractivity contribution in [1.29, 1.82) is 0 Å². The summed E-state index contributed by atoms with van der Waals surface area (Å²) in [5.74, 6) is -24.6. The van der Waals surface area contributed by atoms with Crippen molar-refractivity contribution in [3.8, 4) is 0 Å². The number of benzene rings is 4. The second-order valence-electron chi connectivity index (χ2n) is 21.7. The molecule has 4 aromatic carbocycles. The molecule has 0 radical (unpaired) electrons. The second-order valence-corrected chi connectivity index (χ2v) is 21.7. The van der Waals surface area contributed by atoms with Gasteiger partial charge in [-0.2, -0.15) is 19.6 Å². The van der Waals surface area contributed by atoms with E-state index in [0.29, 0.717) is 29.6 Å². The molecule has 0 aliphatic heterocycles. The summed E-state index contributed by atoms with van der Waals surface area (Å²) in [6.45, 7) is 21.3. The number of nitrogens with one attached hydrogen (secondary N) is 2. The molecule has 12 nitrogen and oxygen atoms in total. The van der Waals surface area contributed by atoms with Gasteiger partial charge in [0.15, 0.2) is 46.5 Å². The van der Waals surface area contributed by atoms with Gasteiger partial charge in [0.1, 0.15) is 13.2 Å². The maximum absolute atomic E-state index is 14.0. The lowest BCUT2D eigenvalue weighted by Crippen LogP contribution is -2.40. The Morgan fingerprint density at radius 2 is 0.881 bits per heavy atom. The molecule has 6 rings (SSSR count). The Morgan fingerprint density at radius 1 is 0.512 bits per heavy atom. The molecule has 458 valence electrons. The lowest BCUT2D eigenvalue weighted by molar-refractivity contribution is -0.163. The molecule has 0 aliphatic carbocycles. The molecule has 2 aromatic heterocycles. The normalized spacial score (nSPS) is 13.5. The number of amides is 2. The Kier molecular flexibility index (Phi) is 25.3. The van der Waals surface area contributed by atoms with E-state index in [0.717, 1.165) is 18.3 Å². The summed E-state index contributed by atoms with van der Waals surface area (Å²) < 4.78 is 149. The maximum atomic E-state index is 14.0. The third-order valence-electron chi connectivity index (χ3n) is 14.6. The van der Waals surface area contributed by atoms with Gasteiger partial charge in [0.05, 0.1) is 35.3 Å². The quantitative estimate of drug-likeness (QED) is 0.0238. The Labute approximate surface area is 483 Å². The molecule has 0 bridgehead atoms. The number of aromatic nitrogens is 4. The van der Waals surface area contributed by atoms with E-state index in [9.17, 15) is 63.1 Å². The molecule has 5 unspecified atom stereocenters. The van der Waals surface area contributed by atoms with E-state index in [1.165, 1.54) is 40.3 Å². The number of hydrogen-bond acceptors (Lipinski definition) is 8. The number of halogens is 10. The lowest BCUT2D eigenvalue weighted by Gasteiger charge is -2.33. The number of hydrogen-bond donors (Lipinski definition) is 2. The van der Waals surface area contributed by atoms with Crippen molar-refractivity contribution in [1.82, 2.24) is 30.2 Å². The monoisotopic (exact) mass is 1190 g/mol. The molecule has 0 saturated heterocycles. The summed E-state index contributed by atoms with van der Waals surface area (Å²) in [7, 11) is 0. The van der Waals surface area contributed by atoms with E-state index in [2.05, 4.69) is 95.3 Å². The Balaban J connectivity index is 0.000000288. The number of ether oxygens (including phenoxy) is 2. The minimum absolute atomic E-state index is 0.0146. The van der Waals surface area contributed by atoms with Gasteiger partial charge < -0.3 is 20.1 Å². The highest BCUT2D eigenvalue weighted by Gasteiger charge is 2.43. The number of carbonyl (C=O) groups is 4. The fourth-order valence-corrected chi connectivity index (χ4v) is 9.86. The molecule has 2 amide bonds. The van der Waals surface area contributed by atoms with Crippen molar-refractivity contribution in [2.24, 2.45) is 10.8 Å². The van der Waals surface area contributed by atoms with Gasteiger partial charge in [0.25, 0.3) is 0 Å². The second kappa shape index (κ2) is 30.9. The molecule has 0 fully saturated rings. The first-order valence-electron chi connectivity index (χ1n) is 27.6. The Bertz CT molecular complexity index is 3150. The summed E-state index contributed by atoms with van der Waals surface area (Å²) >= 11 is 0. The smallest absolute Gasteiger partial charge is 0.342 e. The third-order valence-corrected chi connectivity index (χ3v) is 14.6. The number of nitrogens with zero attached hydrogens (tertiary/aromatic N) is 4. The minimum atomic E-state index is -2.38. The molecule has 6 aromatic rings. The van der Waals surface area contributed by atoms with Crippen LogP contribution in [0.5, 0.6) is 0 Å². The van der Waals surface area contributed by atoms with Crippen LogP contribution in [0.3, 0.4) is 0 Å². The van der Waals surface area contributed by atoms with Gasteiger partial charge in [-0.1, -0.05) is 95.3 Å². The van der Waals surface area contributed by atoms with E-state index in [4.69, 9.17) is 9.47 Å². The fraction of sp³-hybridized carbons (Fsp3) is 0.452. The zero-order chi connectivity index (χ0) is 63.0. The molecular formula is C62H74F10N6O6. The fourth-order valence-electron chi connectivity index (χ4n) is 9.86. The Hall–Kier alpha value is -7.52. The number of esters is 2. The van der Waals surface area contributed by atoms with Crippen LogP contribution in [0.15, 0.2) is 72.8 Å². The number of rotatable bonds is 21. The molecule has 0 aliphatic rings. The van der Waals surface area contributed by atoms with Crippen molar-refractivity contribution in [2.75, 3.05) is 26.3 Å². The average Bonchev–Trinajstić information content (AvgIpc) is 4.11. The maximum Gasteiger partial charge on any atom is 0.342 e. The van der Waals surface area contributed by atoms with Crippen molar-refractivity contribution in [3.05, 3.63) is 176 Å². The van der Waals surface area contributed by atoms with Crippen LogP contribution in [0.25, 0.3) is 0 Å². The molecule has 0 spiro atoms. The van der Waals surface area contributed by atoms with Gasteiger partial charge in [0.2, 0.25) is 11.6 Å². The molecule has 2 N–H and O–H groups in total. The van der Waals surface area contributed by atoms with Crippen molar-refractivity contribution < 1.29 is 72.6 Å². The van der Waals surface area contributed by atoms with Crippen LogP contribution in [0, 0.1) is 96.7 Å². The molecule has 22 heteroatoms. The highest BCUT2D eigenvalue weighted by Crippen LogP contribution is 2.41. The average molecular weight is 1190 g/mol. The lowest BCUT2D eigenvalue weighted by atomic mass is 9.72. The summed E-state index contributed by atoms with van der Waals surface area (Å²) in [5.41, 5.74) is 1.42. The summed E-state index contributed by atoms with van der Waals surface area (Å²) in [4.78, 5) is 50.2. The number of carbonyl (C=O) groups excluding carboxylic acids is 4. The largest absolute Gasteiger partial charge is 0.463 e. The van der Waals surface area contributed by atoms with Crippen LogP contribution in [0.4, 0.5) is 53.5 Å². The first-order valence-corrected chi connectivity index (χ1v) is 27.6. The summed E-state index contributed by atoms with van der Waals surface area (Å²) in [6.07, 6.45) is 2.20. The summed E-state index contributed by atoms with van der Waals surface area (Å²) in [5, 5.41) is 13.6.